The zero-order chi connectivity index (χ0) is 15.0. The predicted octanol–water partition coefficient (Wildman–Crippen LogP) is 1.67. The number of carbonyl (C=O) groups is 1. The molecular formula is C14H12N4O2S. The summed E-state index contributed by atoms with van der Waals surface area (Å²) < 4.78 is 2.15. The number of benzene rings is 1. The molecular weight excluding hydrogens is 288 g/mol. The van der Waals surface area contributed by atoms with Crippen LogP contribution in [0.4, 0.5) is 5.13 Å². The molecule has 21 heavy (non-hydrogen) atoms. The Morgan fingerprint density at radius 1 is 1.24 bits per heavy atom. The average Bonchev–Trinajstić information content (AvgIpc) is 2.92. The SMILES string of the molecule is CN(C(=O)c1ccc(=O)n(C)n1)c1nc2ccccc2s1. The highest BCUT2D eigenvalue weighted by molar-refractivity contribution is 7.22. The number of anilines is 1. The van der Waals surface area contributed by atoms with Gasteiger partial charge in [0.05, 0.1) is 10.2 Å². The molecule has 0 radical (unpaired) electrons. The van der Waals surface area contributed by atoms with E-state index in [0.717, 1.165) is 14.9 Å². The molecule has 3 aromatic rings. The van der Waals surface area contributed by atoms with E-state index in [1.165, 1.54) is 35.4 Å². The van der Waals surface area contributed by atoms with Gasteiger partial charge in [0.25, 0.3) is 11.5 Å². The molecule has 7 heteroatoms. The highest BCUT2D eigenvalue weighted by Crippen LogP contribution is 2.28. The lowest BCUT2D eigenvalue weighted by Gasteiger charge is -2.12. The first-order valence-corrected chi connectivity index (χ1v) is 7.06. The Morgan fingerprint density at radius 3 is 2.71 bits per heavy atom. The number of fused-ring (bicyclic) bond motifs is 1. The summed E-state index contributed by atoms with van der Waals surface area (Å²) in [6, 6.07) is 10.4. The Kier molecular flexibility index (Phi) is 3.26. The van der Waals surface area contributed by atoms with Crippen LogP contribution in [-0.2, 0) is 7.05 Å². The van der Waals surface area contributed by atoms with Gasteiger partial charge in [-0.1, -0.05) is 23.5 Å². The van der Waals surface area contributed by atoms with Crippen LogP contribution in [0.1, 0.15) is 10.5 Å². The number of hydrogen-bond acceptors (Lipinski definition) is 5. The fraction of sp³-hybridized carbons (Fsp3) is 0.143. The van der Waals surface area contributed by atoms with Crippen molar-refractivity contribution in [3.8, 4) is 0 Å². The largest absolute Gasteiger partial charge is 0.286 e. The maximum Gasteiger partial charge on any atom is 0.280 e. The lowest BCUT2D eigenvalue weighted by atomic mass is 10.3. The average molecular weight is 300 g/mol. The molecule has 2 heterocycles. The van der Waals surface area contributed by atoms with Crippen LogP contribution < -0.4 is 10.5 Å². The third kappa shape index (κ3) is 2.43. The quantitative estimate of drug-likeness (QED) is 0.722. The monoisotopic (exact) mass is 300 g/mol. The van der Waals surface area contributed by atoms with Crippen molar-refractivity contribution in [3.05, 3.63) is 52.4 Å². The highest BCUT2D eigenvalue weighted by atomic mass is 32.1. The molecule has 0 bridgehead atoms. The topological polar surface area (TPSA) is 68.1 Å². The van der Waals surface area contributed by atoms with Gasteiger partial charge in [0.1, 0.15) is 5.69 Å². The van der Waals surface area contributed by atoms with E-state index in [1.807, 2.05) is 24.3 Å². The van der Waals surface area contributed by atoms with E-state index in [4.69, 9.17) is 0 Å². The van der Waals surface area contributed by atoms with Gasteiger partial charge in [-0.25, -0.2) is 9.67 Å². The molecule has 0 unspecified atom stereocenters. The van der Waals surface area contributed by atoms with Crippen LogP contribution in [0.2, 0.25) is 0 Å². The number of amides is 1. The molecule has 0 spiro atoms. The summed E-state index contributed by atoms with van der Waals surface area (Å²) in [7, 11) is 3.16. The number of aryl methyl sites for hydroxylation is 1. The molecule has 0 aliphatic rings. The van der Waals surface area contributed by atoms with Gasteiger partial charge in [-0.2, -0.15) is 5.10 Å². The van der Waals surface area contributed by atoms with Gasteiger partial charge >= 0.3 is 0 Å². The number of thiazole rings is 1. The van der Waals surface area contributed by atoms with Crippen molar-refractivity contribution in [3.63, 3.8) is 0 Å². The summed E-state index contributed by atoms with van der Waals surface area (Å²) >= 11 is 1.43. The minimum Gasteiger partial charge on any atom is -0.286 e. The minimum atomic E-state index is -0.301. The molecule has 0 aliphatic carbocycles. The second kappa shape index (κ2) is 5.10. The first kappa shape index (κ1) is 13.4. The number of aromatic nitrogens is 3. The summed E-state index contributed by atoms with van der Waals surface area (Å²) in [6.45, 7) is 0. The fourth-order valence-electron chi connectivity index (χ4n) is 1.88. The number of carbonyl (C=O) groups excluding carboxylic acids is 1. The molecule has 6 nitrogen and oxygen atoms in total. The van der Waals surface area contributed by atoms with E-state index in [2.05, 4.69) is 10.1 Å². The Morgan fingerprint density at radius 2 is 2.00 bits per heavy atom. The maximum absolute atomic E-state index is 12.4. The summed E-state index contributed by atoms with van der Waals surface area (Å²) in [5.74, 6) is -0.301. The van der Waals surface area contributed by atoms with Gasteiger partial charge in [-0.05, 0) is 18.2 Å². The van der Waals surface area contributed by atoms with E-state index < -0.39 is 0 Å². The smallest absolute Gasteiger partial charge is 0.280 e. The number of hydrogen-bond donors (Lipinski definition) is 0. The van der Waals surface area contributed by atoms with Crippen LogP contribution in [0.5, 0.6) is 0 Å². The van der Waals surface area contributed by atoms with Crippen molar-refractivity contribution in [2.75, 3.05) is 11.9 Å². The van der Waals surface area contributed by atoms with E-state index in [-0.39, 0.29) is 17.2 Å². The van der Waals surface area contributed by atoms with Gasteiger partial charge in [-0.15, -0.1) is 0 Å². The lowest BCUT2D eigenvalue weighted by Crippen LogP contribution is -2.30. The molecule has 0 saturated carbocycles. The van der Waals surface area contributed by atoms with Crippen LogP contribution >= 0.6 is 11.3 Å². The summed E-state index contributed by atoms with van der Waals surface area (Å²) in [6.07, 6.45) is 0. The van der Waals surface area contributed by atoms with Crippen molar-refractivity contribution in [1.82, 2.24) is 14.8 Å². The third-order valence-corrected chi connectivity index (χ3v) is 4.17. The standard InChI is InChI=1S/C14H12N4O2S/c1-17(13(20)10-7-8-12(19)18(2)16-10)14-15-9-5-3-4-6-11(9)21-14/h3-8H,1-2H3. The van der Waals surface area contributed by atoms with Crippen LogP contribution in [0.15, 0.2) is 41.2 Å². The molecule has 0 fully saturated rings. The number of rotatable bonds is 2. The molecule has 1 aromatic carbocycles. The van der Waals surface area contributed by atoms with E-state index >= 15 is 0 Å². The molecule has 2 aromatic heterocycles. The van der Waals surface area contributed by atoms with E-state index in [9.17, 15) is 9.59 Å². The summed E-state index contributed by atoms with van der Waals surface area (Å²) in [5.41, 5.74) is 0.804. The first-order chi connectivity index (χ1) is 10.1. The van der Waals surface area contributed by atoms with Crippen molar-refractivity contribution in [2.45, 2.75) is 0 Å². The van der Waals surface area contributed by atoms with Crippen LogP contribution in [0, 0.1) is 0 Å². The van der Waals surface area contributed by atoms with E-state index in [0.29, 0.717) is 5.13 Å². The minimum absolute atomic E-state index is 0.207. The van der Waals surface area contributed by atoms with Gasteiger partial charge in [0.2, 0.25) is 0 Å². The third-order valence-electron chi connectivity index (χ3n) is 3.05. The van der Waals surface area contributed by atoms with Crippen LogP contribution in [-0.4, -0.2) is 27.7 Å². The molecule has 0 saturated heterocycles. The van der Waals surface area contributed by atoms with Crippen LogP contribution in [0.3, 0.4) is 0 Å². The Hall–Kier alpha value is -2.54. The van der Waals surface area contributed by atoms with E-state index in [1.54, 1.807) is 7.05 Å². The lowest BCUT2D eigenvalue weighted by molar-refractivity contribution is 0.0986. The van der Waals surface area contributed by atoms with Gasteiger partial charge in [-0.3, -0.25) is 14.5 Å². The van der Waals surface area contributed by atoms with Gasteiger partial charge < -0.3 is 0 Å². The second-order valence-corrected chi connectivity index (χ2v) is 5.52. The fourth-order valence-corrected chi connectivity index (χ4v) is 2.80. The predicted molar refractivity (Wildman–Crippen MR) is 81.8 cm³/mol. The van der Waals surface area contributed by atoms with Crippen LogP contribution in [0.25, 0.3) is 10.2 Å². The summed E-state index contributed by atoms with van der Waals surface area (Å²) in [5, 5.41) is 4.56. The Bertz CT molecular complexity index is 851. The van der Waals surface area contributed by atoms with Crippen molar-refractivity contribution >= 4 is 32.6 Å². The van der Waals surface area contributed by atoms with Crippen molar-refractivity contribution in [2.24, 2.45) is 7.05 Å². The summed E-state index contributed by atoms with van der Waals surface area (Å²) in [4.78, 5) is 29.6. The molecule has 0 aliphatic heterocycles. The number of nitrogens with zero attached hydrogens (tertiary/aromatic N) is 4. The molecule has 3 rings (SSSR count). The maximum atomic E-state index is 12.4. The van der Waals surface area contributed by atoms with Gasteiger partial charge in [0.15, 0.2) is 5.13 Å². The molecule has 1 amide bonds. The first-order valence-electron chi connectivity index (χ1n) is 6.24. The normalized spacial score (nSPS) is 10.8. The molecule has 0 atom stereocenters. The molecule has 106 valence electrons. The second-order valence-electron chi connectivity index (χ2n) is 4.51. The van der Waals surface area contributed by atoms with Gasteiger partial charge in [0, 0.05) is 20.2 Å². The number of para-hydroxylation sites is 1. The zero-order valence-electron chi connectivity index (χ0n) is 11.5. The molecule has 0 N–H and O–H groups in total. The van der Waals surface area contributed by atoms with Crippen molar-refractivity contribution < 1.29 is 4.79 Å². The van der Waals surface area contributed by atoms with Crippen molar-refractivity contribution in [1.29, 1.82) is 0 Å². The Labute approximate surface area is 124 Å². The zero-order valence-corrected chi connectivity index (χ0v) is 12.3. The highest BCUT2D eigenvalue weighted by Gasteiger charge is 2.18. The Balaban J connectivity index is 1.96.